The number of carbonyl (C=O) groups is 1. The highest BCUT2D eigenvalue weighted by Crippen LogP contribution is 2.21. The van der Waals surface area contributed by atoms with E-state index in [1.54, 1.807) is 12.5 Å². The Labute approximate surface area is 150 Å². The summed E-state index contributed by atoms with van der Waals surface area (Å²) in [4.78, 5) is 16.7. The lowest BCUT2D eigenvalue weighted by atomic mass is 10.1. The second-order valence-corrected chi connectivity index (χ2v) is 5.96. The Morgan fingerprint density at radius 1 is 1.08 bits per heavy atom. The zero-order valence-corrected chi connectivity index (χ0v) is 14.3. The molecule has 4 rings (SSSR count). The van der Waals surface area contributed by atoms with Crippen LogP contribution in [-0.2, 0) is 6.54 Å². The van der Waals surface area contributed by atoms with Gasteiger partial charge in [0.2, 0.25) is 0 Å². The van der Waals surface area contributed by atoms with E-state index in [-0.39, 0.29) is 5.91 Å². The molecule has 6 heteroatoms. The number of hydrogen-bond donors (Lipinski definition) is 1. The van der Waals surface area contributed by atoms with Crippen molar-refractivity contribution < 1.29 is 9.21 Å². The summed E-state index contributed by atoms with van der Waals surface area (Å²) in [5.41, 5.74) is 2.42. The number of benzene rings is 1. The number of imidazole rings is 1. The molecule has 3 aromatic heterocycles. The zero-order chi connectivity index (χ0) is 17.9. The van der Waals surface area contributed by atoms with Crippen molar-refractivity contribution in [1.82, 2.24) is 19.4 Å². The zero-order valence-electron chi connectivity index (χ0n) is 14.3. The smallest absolute Gasteiger partial charge is 0.251 e. The molecule has 0 fully saturated rings. The van der Waals surface area contributed by atoms with Crippen molar-refractivity contribution in [3.05, 3.63) is 90.7 Å². The average molecular weight is 346 g/mol. The molecule has 4 aromatic rings. The number of nitrogens with zero attached hydrogens (tertiary/aromatic N) is 3. The molecular weight excluding hydrogens is 328 g/mol. The molecule has 0 bridgehead atoms. The predicted octanol–water partition coefficient (Wildman–Crippen LogP) is 3.49. The molecule has 0 unspecified atom stereocenters. The molecule has 1 aromatic carbocycles. The number of aryl methyl sites for hydroxylation is 1. The molecular formula is C20H18N4O2. The lowest BCUT2D eigenvalue weighted by Gasteiger charge is -2.13. The molecule has 0 aliphatic carbocycles. The number of furan rings is 1. The van der Waals surface area contributed by atoms with Crippen LogP contribution in [0.25, 0.3) is 11.4 Å². The summed E-state index contributed by atoms with van der Waals surface area (Å²) in [5.74, 6) is 1.41. The van der Waals surface area contributed by atoms with E-state index in [4.69, 9.17) is 4.42 Å². The fourth-order valence-electron chi connectivity index (χ4n) is 2.84. The van der Waals surface area contributed by atoms with Crippen LogP contribution >= 0.6 is 0 Å². The highest BCUT2D eigenvalue weighted by Gasteiger charge is 2.12. The highest BCUT2D eigenvalue weighted by molar-refractivity contribution is 5.95. The van der Waals surface area contributed by atoms with Gasteiger partial charge in [-0.1, -0.05) is 0 Å². The average Bonchev–Trinajstić information content (AvgIpc) is 3.41. The maximum Gasteiger partial charge on any atom is 0.251 e. The number of amides is 1. The number of aromatic nitrogens is 3. The molecule has 130 valence electrons. The van der Waals surface area contributed by atoms with E-state index in [2.05, 4.69) is 10.3 Å². The SMILES string of the molecule is Cc1ccc(CNC(=O)c2ccc(-n3ccnc3)c(-n3cccc3)c2)o1. The molecule has 26 heavy (non-hydrogen) atoms. The van der Waals surface area contributed by atoms with Crippen molar-refractivity contribution in [1.29, 1.82) is 0 Å². The van der Waals surface area contributed by atoms with Crippen LogP contribution in [0.1, 0.15) is 21.9 Å². The van der Waals surface area contributed by atoms with Crippen LogP contribution in [0, 0.1) is 6.92 Å². The standard InChI is InChI=1S/C20H18N4O2/c1-15-4-6-17(26-15)13-22-20(25)16-5-7-18(24-11-8-21-14-24)19(12-16)23-9-2-3-10-23/h2-12,14H,13H2,1H3,(H,22,25). The van der Waals surface area contributed by atoms with E-state index in [1.807, 2.05) is 77.1 Å². The topological polar surface area (TPSA) is 65.0 Å². The normalized spacial score (nSPS) is 10.8. The van der Waals surface area contributed by atoms with Crippen LogP contribution in [0.2, 0.25) is 0 Å². The van der Waals surface area contributed by atoms with Crippen molar-refractivity contribution in [3.8, 4) is 11.4 Å². The minimum atomic E-state index is -0.148. The fraction of sp³-hybridized carbons (Fsp3) is 0.100. The lowest BCUT2D eigenvalue weighted by Crippen LogP contribution is -2.22. The van der Waals surface area contributed by atoms with Gasteiger partial charge in [-0.25, -0.2) is 4.98 Å². The third-order valence-corrected chi connectivity index (χ3v) is 4.12. The maximum absolute atomic E-state index is 12.6. The van der Waals surface area contributed by atoms with E-state index in [0.717, 1.165) is 22.9 Å². The summed E-state index contributed by atoms with van der Waals surface area (Å²) in [5, 5.41) is 2.89. The minimum Gasteiger partial charge on any atom is -0.465 e. The predicted molar refractivity (Wildman–Crippen MR) is 97.5 cm³/mol. The first-order valence-electron chi connectivity index (χ1n) is 8.30. The Balaban J connectivity index is 1.63. The van der Waals surface area contributed by atoms with Crippen molar-refractivity contribution >= 4 is 5.91 Å². The van der Waals surface area contributed by atoms with Gasteiger partial charge in [-0.3, -0.25) is 4.79 Å². The first-order valence-corrected chi connectivity index (χ1v) is 8.30. The number of rotatable bonds is 5. The lowest BCUT2D eigenvalue weighted by molar-refractivity contribution is 0.0948. The molecule has 0 radical (unpaired) electrons. The van der Waals surface area contributed by atoms with E-state index in [0.29, 0.717) is 12.1 Å². The molecule has 1 amide bonds. The van der Waals surface area contributed by atoms with Crippen molar-refractivity contribution in [2.24, 2.45) is 0 Å². The molecule has 0 saturated heterocycles. The molecule has 0 spiro atoms. The van der Waals surface area contributed by atoms with Gasteiger partial charge in [0.1, 0.15) is 11.5 Å². The summed E-state index contributed by atoms with van der Waals surface area (Å²) in [6.45, 7) is 2.23. The van der Waals surface area contributed by atoms with Crippen molar-refractivity contribution in [2.45, 2.75) is 13.5 Å². The second-order valence-electron chi connectivity index (χ2n) is 5.96. The van der Waals surface area contributed by atoms with Gasteiger partial charge in [0, 0.05) is 30.4 Å². The maximum atomic E-state index is 12.6. The number of nitrogens with one attached hydrogen (secondary N) is 1. The van der Waals surface area contributed by atoms with Gasteiger partial charge in [0.05, 0.1) is 24.2 Å². The first-order chi connectivity index (χ1) is 12.7. The van der Waals surface area contributed by atoms with E-state index >= 15 is 0 Å². The Hall–Kier alpha value is -3.54. The van der Waals surface area contributed by atoms with E-state index < -0.39 is 0 Å². The van der Waals surface area contributed by atoms with Gasteiger partial charge in [-0.15, -0.1) is 0 Å². The number of hydrogen-bond acceptors (Lipinski definition) is 3. The van der Waals surface area contributed by atoms with Gasteiger partial charge in [-0.05, 0) is 49.4 Å². The number of carbonyl (C=O) groups excluding carboxylic acids is 1. The van der Waals surface area contributed by atoms with Crippen LogP contribution in [0.4, 0.5) is 0 Å². The third-order valence-electron chi connectivity index (χ3n) is 4.12. The Bertz CT molecular complexity index is 1010. The van der Waals surface area contributed by atoms with Gasteiger partial charge in [-0.2, -0.15) is 0 Å². The highest BCUT2D eigenvalue weighted by atomic mass is 16.3. The van der Waals surface area contributed by atoms with Gasteiger partial charge >= 0.3 is 0 Å². The van der Waals surface area contributed by atoms with Crippen LogP contribution in [0.3, 0.4) is 0 Å². The monoisotopic (exact) mass is 346 g/mol. The molecule has 0 saturated carbocycles. The quantitative estimate of drug-likeness (QED) is 0.601. The molecule has 0 aliphatic rings. The molecule has 0 aliphatic heterocycles. The summed E-state index contributed by atoms with van der Waals surface area (Å²) < 4.78 is 9.38. The Kier molecular flexibility index (Phi) is 4.15. The minimum absolute atomic E-state index is 0.148. The third kappa shape index (κ3) is 3.17. The van der Waals surface area contributed by atoms with Crippen LogP contribution < -0.4 is 5.32 Å². The van der Waals surface area contributed by atoms with Gasteiger partial charge in [0.25, 0.3) is 5.91 Å². The fourth-order valence-corrected chi connectivity index (χ4v) is 2.84. The molecule has 0 atom stereocenters. The summed E-state index contributed by atoms with van der Waals surface area (Å²) in [6.07, 6.45) is 9.24. The summed E-state index contributed by atoms with van der Waals surface area (Å²) in [6, 6.07) is 13.2. The largest absolute Gasteiger partial charge is 0.465 e. The summed E-state index contributed by atoms with van der Waals surface area (Å²) >= 11 is 0. The molecule has 6 nitrogen and oxygen atoms in total. The van der Waals surface area contributed by atoms with Gasteiger partial charge < -0.3 is 18.9 Å². The van der Waals surface area contributed by atoms with Gasteiger partial charge in [0.15, 0.2) is 0 Å². The Morgan fingerprint density at radius 2 is 1.92 bits per heavy atom. The summed E-state index contributed by atoms with van der Waals surface area (Å²) in [7, 11) is 0. The molecule has 1 N–H and O–H groups in total. The second kappa shape index (κ2) is 6.76. The van der Waals surface area contributed by atoms with E-state index in [1.165, 1.54) is 0 Å². The molecule has 3 heterocycles. The van der Waals surface area contributed by atoms with Crippen LogP contribution in [0.15, 0.2) is 78.0 Å². The first kappa shape index (κ1) is 16.0. The van der Waals surface area contributed by atoms with Crippen molar-refractivity contribution in [3.63, 3.8) is 0 Å². The Morgan fingerprint density at radius 3 is 2.62 bits per heavy atom. The van der Waals surface area contributed by atoms with Crippen LogP contribution in [0.5, 0.6) is 0 Å². The van der Waals surface area contributed by atoms with Crippen molar-refractivity contribution in [2.75, 3.05) is 0 Å². The van der Waals surface area contributed by atoms with Crippen LogP contribution in [-0.4, -0.2) is 20.0 Å². The van der Waals surface area contributed by atoms with E-state index in [9.17, 15) is 4.79 Å².